The van der Waals surface area contributed by atoms with E-state index in [0.717, 1.165) is 40.4 Å². The molecule has 2 aromatic rings. The molecule has 0 saturated carbocycles. The molecule has 2 aromatic carbocycles. The van der Waals surface area contributed by atoms with Gasteiger partial charge in [0.2, 0.25) is 0 Å². The van der Waals surface area contributed by atoms with Crippen molar-refractivity contribution in [1.29, 1.82) is 0 Å². The van der Waals surface area contributed by atoms with E-state index in [1.54, 1.807) is 0 Å². The molecule has 1 saturated heterocycles. The van der Waals surface area contributed by atoms with Crippen LogP contribution in [0.5, 0.6) is 0 Å². The normalized spacial score (nSPS) is 18.0. The Morgan fingerprint density at radius 1 is 1.19 bits per heavy atom. The van der Waals surface area contributed by atoms with Crippen molar-refractivity contribution in [2.24, 2.45) is 0 Å². The Hall–Kier alpha value is -1.39. The van der Waals surface area contributed by atoms with Crippen LogP contribution < -0.4 is 5.32 Å². The molecule has 0 atom stereocenters. The van der Waals surface area contributed by atoms with Crippen LogP contribution >= 0.6 is 15.9 Å². The molecule has 1 amide bonds. The minimum atomic E-state index is -0.149. The number of nitrogens with zero attached hydrogens (tertiary/aromatic N) is 1. The first kappa shape index (κ1) is 14.5. The van der Waals surface area contributed by atoms with E-state index in [0.29, 0.717) is 0 Å². The fourth-order valence-corrected chi connectivity index (χ4v) is 3.24. The van der Waals surface area contributed by atoms with Crippen molar-refractivity contribution in [3.8, 4) is 0 Å². The predicted octanol–water partition coefficient (Wildman–Crippen LogP) is 3.43. The number of hydrogen-bond donors (Lipinski definition) is 1. The van der Waals surface area contributed by atoms with Gasteiger partial charge in [-0.15, -0.1) is 0 Å². The SMILES string of the molecule is CC1(C)CNCCN1C(=O)c1ccc2cc(Br)ccc2c1. The van der Waals surface area contributed by atoms with Crippen LogP contribution in [0.1, 0.15) is 24.2 Å². The maximum absolute atomic E-state index is 12.8. The summed E-state index contributed by atoms with van der Waals surface area (Å²) in [5.74, 6) is 0.117. The van der Waals surface area contributed by atoms with Gasteiger partial charge in [-0.1, -0.05) is 28.1 Å². The molecule has 110 valence electrons. The smallest absolute Gasteiger partial charge is 0.254 e. The number of amides is 1. The monoisotopic (exact) mass is 346 g/mol. The Kier molecular flexibility index (Phi) is 3.76. The van der Waals surface area contributed by atoms with E-state index in [9.17, 15) is 4.79 Å². The zero-order valence-corrected chi connectivity index (χ0v) is 13.9. The lowest BCUT2D eigenvalue weighted by Gasteiger charge is -2.42. The summed E-state index contributed by atoms with van der Waals surface area (Å²) >= 11 is 3.48. The van der Waals surface area contributed by atoms with Crippen LogP contribution in [-0.2, 0) is 0 Å². The highest BCUT2D eigenvalue weighted by atomic mass is 79.9. The van der Waals surface area contributed by atoms with E-state index in [2.05, 4.69) is 41.2 Å². The lowest BCUT2D eigenvalue weighted by molar-refractivity contribution is 0.0477. The van der Waals surface area contributed by atoms with Crippen LogP contribution in [0.3, 0.4) is 0 Å². The van der Waals surface area contributed by atoms with Crippen LogP contribution in [0.4, 0.5) is 0 Å². The first-order chi connectivity index (χ1) is 9.97. The van der Waals surface area contributed by atoms with Crippen LogP contribution in [0.25, 0.3) is 10.8 Å². The highest BCUT2D eigenvalue weighted by molar-refractivity contribution is 9.10. The van der Waals surface area contributed by atoms with Gasteiger partial charge in [-0.25, -0.2) is 0 Å². The van der Waals surface area contributed by atoms with Gasteiger partial charge in [0.15, 0.2) is 0 Å². The van der Waals surface area contributed by atoms with E-state index in [-0.39, 0.29) is 11.4 Å². The third kappa shape index (κ3) is 2.83. The molecule has 0 aromatic heterocycles. The van der Waals surface area contributed by atoms with E-state index < -0.39 is 0 Å². The van der Waals surface area contributed by atoms with Crippen LogP contribution in [0.15, 0.2) is 40.9 Å². The largest absolute Gasteiger partial charge is 0.331 e. The number of carbonyl (C=O) groups is 1. The molecule has 1 fully saturated rings. The van der Waals surface area contributed by atoms with Gasteiger partial charge in [-0.05, 0) is 48.9 Å². The lowest BCUT2D eigenvalue weighted by atomic mass is 9.98. The van der Waals surface area contributed by atoms with Crippen LogP contribution in [0, 0.1) is 0 Å². The maximum atomic E-state index is 12.8. The lowest BCUT2D eigenvalue weighted by Crippen LogP contribution is -2.59. The molecule has 0 aliphatic carbocycles. The molecule has 0 bridgehead atoms. The Morgan fingerprint density at radius 2 is 1.90 bits per heavy atom. The number of carbonyl (C=O) groups excluding carboxylic acids is 1. The number of benzene rings is 2. The number of hydrogen-bond acceptors (Lipinski definition) is 2. The third-order valence-electron chi connectivity index (χ3n) is 4.09. The summed E-state index contributed by atoms with van der Waals surface area (Å²) in [5, 5.41) is 5.58. The molecule has 3 rings (SSSR count). The summed E-state index contributed by atoms with van der Waals surface area (Å²) in [5.41, 5.74) is 0.615. The van der Waals surface area contributed by atoms with Gasteiger partial charge >= 0.3 is 0 Å². The topological polar surface area (TPSA) is 32.3 Å². The van der Waals surface area contributed by atoms with E-state index in [1.807, 2.05) is 35.2 Å². The molecule has 0 spiro atoms. The molecule has 1 heterocycles. The van der Waals surface area contributed by atoms with Gasteiger partial charge in [-0.3, -0.25) is 4.79 Å². The van der Waals surface area contributed by atoms with Gasteiger partial charge in [0.25, 0.3) is 5.91 Å². The van der Waals surface area contributed by atoms with Crippen molar-refractivity contribution in [3.63, 3.8) is 0 Å². The van der Waals surface area contributed by atoms with Gasteiger partial charge < -0.3 is 10.2 Å². The van der Waals surface area contributed by atoms with Gasteiger partial charge in [0, 0.05) is 29.7 Å². The number of nitrogens with one attached hydrogen (secondary N) is 1. The van der Waals surface area contributed by atoms with Crippen LogP contribution in [-0.4, -0.2) is 36.0 Å². The average Bonchev–Trinajstić information content (AvgIpc) is 2.45. The Morgan fingerprint density at radius 3 is 2.67 bits per heavy atom. The summed E-state index contributed by atoms with van der Waals surface area (Å²) in [6.45, 7) is 6.66. The second kappa shape index (κ2) is 5.43. The Balaban J connectivity index is 1.96. The van der Waals surface area contributed by atoms with E-state index in [4.69, 9.17) is 0 Å². The molecule has 3 nitrogen and oxygen atoms in total. The second-order valence-electron chi connectivity index (χ2n) is 6.15. The third-order valence-corrected chi connectivity index (χ3v) is 4.59. The van der Waals surface area contributed by atoms with Crippen molar-refractivity contribution in [2.45, 2.75) is 19.4 Å². The minimum absolute atomic E-state index is 0.117. The van der Waals surface area contributed by atoms with Crippen molar-refractivity contribution in [2.75, 3.05) is 19.6 Å². The molecule has 1 aliphatic heterocycles. The molecule has 1 N–H and O–H groups in total. The van der Waals surface area contributed by atoms with E-state index in [1.165, 1.54) is 0 Å². The maximum Gasteiger partial charge on any atom is 0.254 e. The fraction of sp³-hybridized carbons (Fsp3) is 0.353. The molecule has 0 radical (unpaired) electrons. The zero-order valence-electron chi connectivity index (χ0n) is 12.3. The number of fused-ring (bicyclic) bond motifs is 1. The number of rotatable bonds is 1. The number of halogens is 1. The van der Waals surface area contributed by atoms with E-state index >= 15 is 0 Å². The first-order valence-corrected chi connectivity index (χ1v) is 7.99. The average molecular weight is 347 g/mol. The molecular formula is C17H19BrN2O. The summed E-state index contributed by atoms with van der Waals surface area (Å²) in [6, 6.07) is 12.0. The molecular weight excluding hydrogens is 328 g/mol. The van der Waals surface area contributed by atoms with Gasteiger partial charge in [0.05, 0.1) is 5.54 Å². The standard InChI is InChI=1S/C17H19BrN2O/c1-17(2)11-19-7-8-20(17)16(21)14-4-3-13-10-15(18)6-5-12(13)9-14/h3-6,9-10,19H,7-8,11H2,1-2H3. The van der Waals surface area contributed by atoms with Crippen molar-refractivity contribution >= 4 is 32.6 Å². The first-order valence-electron chi connectivity index (χ1n) is 7.19. The minimum Gasteiger partial charge on any atom is -0.331 e. The number of piperazine rings is 1. The molecule has 1 aliphatic rings. The van der Waals surface area contributed by atoms with Crippen molar-refractivity contribution < 1.29 is 4.79 Å². The van der Waals surface area contributed by atoms with Gasteiger partial charge in [-0.2, -0.15) is 0 Å². The quantitative estimate of drug-likeness (QED) is 0.857. The van der Waals surface area contributed by atoms with Crippen molar-refractivity contribution in [3.05, 3.63) is 46.4 Å². The molecule has 4 heteroatoms. The summed E-state index contributed by atoms with van der Waals surface area (Å²) < 4.78 is 1.05. The summed E-state index contributed by atoms with van der Waals surface area (Å²) in [7, 11) is 0. The summed E-state index contributed by atoms with van der Waals surface area (Å²) in [4.78, 5) is 14.8. The van der Waals surface area contributed by atoms with Crippen molar-refractivity contribution in [1.82, 2.24) is 10.2 Å². The summed E-state index contributed by atoms with van der Waals surface area (Å²) in [6.07, 6.45) is 0. The molecule has 0 unspecified atom stereocenters. The Labute approximate surface area is 133 Å². The van der Waals surface area contributed by atoms with Crippen LogP contribution in [0.2, 0.25) is 0 Å². The highest BCUT2D eigenvalue weighted by Gasteiger charge is 2.33. The highest BCUT2D eigenvalue weighted by Crippen LogP contribution is 2.24. The molecule has 21 heavy (non-hydrogen) atoms. The fourth-order valence-electron chi connectivity index (χ4n) is 2.87. The van der Waals surface area contributed by atoms with Gasteiger partial charge in [0.1, 0.15) is 0 Å². The predicted molar refractivity (Wildman–Crippen MR) is 89.6 cm³/mol. The second-order valence-corrected chi connectivity index (χ2v) is 7.07. The zero-order chi connectivity index (χ0) is 15.0. The Bertz CT molecular complexity index is 696.